The minimum absolute atomic E-state index is 0.178. The summed E-state index contributed by atoms with van der Waals surface area (Å²) in [6.07, 6.45) is 2.39. The molecule has 1 rings (SSSR count). The molecule has 0 bridgehead atoms. The fourth-order valence-corrected chi connectivity index (χ4v) is 0.904. The second-order valence-corrected chi connectivity index (χ2v) is 2.60. The van der Waals surface area contributed by atoms with Crippen molar-refractivity contribution in [1.82, 2.24) is 0 Å². The molecule has 4 nitrogen and oxygen atoms in total. The normalized spacial score (nSPS) is 10.3. The summed E-state index contributed by atoms with van der Waals surface area (Å²) in [6.45, 7) is 0. The molecule has 72 valence electrons. The summed E-state index contributed by atoms with van der Waals surface area (Å²) in [7, 11) is 0. The second kappa shape index (κ2) is 4.23. The van der Waals surface area contributed by atoms with Gasteiger partial charge in [-0.2, -0.15) is 0 Å². The first-order chi connectivity index (χ1) is 6.59. The van der Waals surface area contributed by atoms with Crippen LogP contribution >= 0.6 is 0 Å². The van der Waals surface area contributed by atoms with E-state index < -0.39 is 11.9 Å². The molecule has 0 saturated carbocycles. The standard InChI is InChI=1S/C10H8O4/c11-9(12)6-3-7-1-4-8(5-2-7)10(13)14/h1-6H,(H,11,12)(H,13,14)/b6-3+. The smallest absolute Gasteiger partial charge is 0.335 e. The number of hydrogen-bond acceptors (Lipinski definition) is 2. The molecular formula is C10H8O4. The maximum Gasteiger partial charge on any atom is 0.335 e. The van der Waals surface area contributed by atoms with Crippen molar-refractivity contribution in [3.63, 3.8) is 0 Å². The zero-order valence-electron chi connectivity index (χ0n) is 7.18. The van der Waals surface area contributed by atoms with Crippen molar-refractivity contribution in [2.45, 2.75) is 0 Å². The molecular weight excluding hydrogens is 184 g/mol. The molecule has 0 radical (unpaired) electrons. The van der Waals surface area contributed by atoms with Gasteiger partial charge < -0.3 is 10.2 Å². The van der Waals surface area contributed by atoms with Crippen LogP contribution in [0, 0.1) is 0 Å². The highest BCUT2D eigenvalue weighted by atomic mass is 16.4. The van der Waals surface area contributed by atoms with Crippen molar-refractivity contribution in [2.75, 3.05) is 0 Å². The van der Waals surface area contributed by atoms with Crippen LogP contribution in [0.1, 0.15) is 15.9 Å². The Morgan fingerprint density at radius 2 is 1.64 bits per heavy atom. The van der Waals surface area contributed by atoms with E-state index in [0.717, 1.165) is 6.08 Å². The van der Waals surface area contributed by atoms with Crippen LogP contribution in [-0.4, -0.2) is 22.2 Å². The summed E-state index contributed by atoms with van der Waals surface area (Å²) in [5.74, 6) is -2.04. The van der Waals surface area contributed by atoms with Crippen molar-refractivity contribution in [3.8, 4) is 0 Å². The minimum Gasteiger partial charge on any atom is -0.478 e. The van der Waals surface area contributed by atoms with Gasteiger partial charge in [-0.1, -0.05) is 12.1 Å². The third kappa shape index (κ3) is 2.75. The fourth-order valence-electron chi connectivity index (χ4n) is 0.904. The second-order valence-electron chi connectivity index (χ2n) is 2.60. The Kier molecular flexibility index (Phi) is 3.01. The van der Waals surface area contributed by atoms with Crippen LogP contribution in [-0.2, 0) is 4.79 Å². The Morgan fingerprint density at radius 1 is 1.07 bits per heavy atom. The van der Waals surface area contributed by atoms with Gasteiger partial charge in [0.1, 0.15) is 0 Å². The molecule has 0 atom stereocenters. The van der Waals surface area contributed by atoms with E-state index in [4.69, 9.17) is 10.2 Å². The van der Waals surface area contributed by atoms with Crippen molar-refractivity contribution in [2.24, 2.45) is 0 Å². The molecule has 0 saturated heterocycles. The molecule has 0 heterocycles. The zero-order valence-corrected chi connectivity index (χ0v) is 7.18. The summed E-state index contributed by atoms with van der Waals surface area (Å²) in [6, 6.07) is 5.93. The topological polar surface area (TPSA) is 74.6 Å². The van der Waals surface area contributed by atoms with E-state index in [2.05, 4.69) is 0 Å². The van der Waals surface area contributed by atoms with Gasteiger partial charge in [0.05, 0.1) is 5.56 Å². The molecule has 0 aliphatic carbocycles. The number of aromatic carboxylic acids is 1. The molecule has 1 aromatic rings. The molecule has 0 aromatic heterocycles. The van der Waals surface area contributed by atoms with Crippen LogP contribution in [0.5, 0.6) is 0 Å². The lowest BCUT2D eigenvalue weighted by atomic mass is 10.1. The minimum atomic E-state index is -1.03. The largest absolute Gasteiger partial charge is 0.478 e. The molecule has 14 heavy (non-hydrogen) atoms. The highest BCUT2D eigenvalue weighted by Crippen LogP contribution is 2.05. The Balaban J connectivity index is 2.83. The summed E-state index contributed by atoms with van der Waals surface area (Å²) in [5.41, 5.74) is 0.829. The van der Waals surface area contributed by atoms with Gasteiger partial charge in [0, 0.05) is 6.08 Å². The zero-order chi connectivity index (χ0) is 10.6. The first kappa shape index (κ1) is 9.98. The monoisotopic (exact) mass is 192 g/mol. The summed E-state index contributed by atoms with van der Waals surface area (Å²) in [4.78, 5) is 20.6. The van der Waals surface area contributed by atoms with Gasteiger partial charge in [0.15, 0.2) is 0 Å². The maximum absolute atomic E-state index is 10.5. The van der Waals surface area contributed by atoms with E-state index >= 15 is 0 Å². The predicted octanol–water partition coefficient (Wildman–Crippen LogP) is 1.48. The van der Waals surface area contributed by atoms with Gasteiger partial charge in [0.25, 0.3) is 0 Å². The van der Waals surface area contributed by atoms with Crippen molar-refractivity contribution < 1.29 is 19.8 Å². The molecule has 0 fully saturated rings. The Labute approximate surface area is 80.1 Å². The highest BCUT2D eigenvalue weighted by molar-refractivity contribution is 5.88. The van der Waals surface area contributed by atoms with Crippen LogP contribution in [0.4, 0.5) is 0 Å². The number of rotatable bonds is 3. The van der Waals surface area contributed by atoms with Crippen molar-refractivity contribution >= 4 is 18.0 Å². The van der Waals surface area contributed by atoms with E-state index in [1.54, 1.807) is 12.1 Å². The number of benzene rings is 1. The molecule has 0 amide bonds. The lowest BCUT2D eigenvalue weighted by molar-refractivity contribution is -0.131. The van der Waals surface area contributed by atoms with Gasteiger partial charge in [-0.05, 0) is 23.8 Å². The average Bonchev–Trinajstić information content (AvgIpc) is 2.15. The molecule has 0 unspecified atom stereocenters. The van der Waals surface area contributed by atoms with E-state index in [1.165, 1.54) is 18.2 Å². The first-order valence-corrected chi connectivity index (χ1v) is 3.84. The van der Waals surface area contributed by atoms with Crippen LogP contribution < -0.4 is 0 Å². The number of aliphatic carboxylic acids is 1. The molecule has 0 spiro atoms. The highest BCUT2D eigenvalue weighted by Gasteiger charge is 1.99. The Bertz CT molecular complexity index is 376. The molecule has 0 aliphatic rings. The van der Waals surface area contributed by atoms with Crippen LogP contribution in [0.3, 0.4) is 0 Å². The van der Waals surface area contributed by atoms with Crippen LogP contribution in [0.25, 0.3) is 6.08 Å². The van der Waals surface area contributed by atoms with Crippen LogP contribution in [0.15, 0.2) is 30.3 Å². The number of carboxylic acid groups (broad SMARTS) is 2. The maximum atomic E-state index is 10.5. The van der Waals surface area contributed by atoms with Crippen molar-refractivity contribution in [3.05, 3.63) is 41.5 Å². The lowest BCUT2D eigenvalue weighted by Gasteiger charge is -1.94. The molecule has 1 aromatic carbocycles. The van der Waals surface area contributed by atoms with E-state index in [-0.39, 0.29) is 5.56 Å². The van der Waals surface area contributed by atoms with Gasteiger partial charge in [-0.15, -0.1) is 0 Å². The van der Waals surface area contributed by atoms with Gasteiger partial charge in [-0.3, -0.25) is 0 Å². The lowest BCUT2D eigenvalue weighted by Crippen LogP contribution is -1.94. The summed E-state index contributed by atoms with van der Waals surface area (Å²) >= 11 is 0. The summed E-state index contributed by atoms with van der Waals surface area (Å²) < 4.78 is 0. The van der Waals surface area contributed by atoms with E-state index in [0.29, 0.717) is 5.56 Å². The predicted molar refractivity (Wildman–Crippen MR) is 50.1 cm³/mol. The third-order valence-corrected chi connectivity index (χ3v) is 1.58. The number of carbonyl (C=O) groups is 2. The third-order valence-electron chi connectivity index (χ3n) is 1.58. The molecule has 2 N–H and O–H groups in total. The number of carboxylic acids is 2. The average molecular weight is 192 g/mol. The summed E-state index contributed by atoms with van der Waals surface area (Å²) in [5, 5.41) is 16.9. The molecule has 0 aliphatic heterocycles. The molecule has 4 heteroatoms. The van der Waals surface area contributed by atoms with Crippen LogP contribution in [0.2, 0.25) is 0 Å². The Morgan fingerprint density at radius 3 is 2.07 bits per heavy atom. The number of hydrogen-bond donors (Lipinski definition) is 2. The Hall–Kier alpha value is -2.10. The quantitative estimate of drug-likeness (QED) is 0.711. The fraction of sp³-hybridized carbons (Fsp3) is 0. The van der Waals surface area contributed by atoms with Crippen molar-refractivity contribution in [1.29, 1.82) is 0 Å². The van der Waals surface area contributed by atoms with Gasteiger partial charge >= 0.3 is 11.9 Å². The van der Waals surface area contributed by atoms with E-state index in [9.17, 15) is 9.59 Å². The first-order valence-electron chi connectivity index (χ1n) is 3.84. The SMILES string of the molecule is O=C(O)/C=C/c1ccc(C(=O)O)cc1. The van der Waals surface area contributed by atoms with Gasteiger partial charge in [-0.25, -0.2) is 9.59 Å². The van der Waals surface area contributed by atoms with E-state index in [1.807, 2.05) is 0 Å². The van der Waals surface area contributed by atoms with Gasteiger partial charge in [0.2, 0.25) is 0 Å².